The monoisotopic (exact) mass is 792 g/mol. The van der Waals surface area contributed by atoms with E-state index in [1.54, 1.807) is 0 Å². The maximum absolute atomic E-state index is 7.12. The molecule has 4 aromatic carbocycles. The van der Waals surface area contributed by atoms with E-state index in [2.05, 4.69) is 128 Å². The van der Waals surface area contributed by atoms with Crippen LogP contribution in [0.15, 0.2) is 121 Å². The number of unbranched alkanes of at least 4 members (excludes halogenated alkanes) is 12. The topological polar surface area (TPSA) is 58.2 Å². The van der Waals surface area contributed by atoms with E-state index in [0.29, 0.717) is 33.0 Å². The Hall–Kier alpha value is -3.36. The maximum atomic E-state index is 7.12. The molecule has 316 valence electrons. The maximum Gasteiger partial charge on any atom is 0.115 e. The van der Waals surface area contributed by atoms with E-state index in [1.807, 2.05) is 12.1 Å². The Bertz CT molecular complexity index is 1440. The van der Waals surface area contributed by atoms with Crippen LogP contribution in [0.25, 0.3) is 0 Å². The Labute approximate surface area is 351 Å². The zero-order valence-electron chi connectivity index (χ0n) is 35.7. The molecule has 0 spiro atoms. The first-order valence-corrected chi connectivity index (χ1v) is 22.7. The van der Waals surface area contributed by atoms with Gasteiger partial charge in [0.2, 0.25) is 0 Å². The van der Waals surface area contributed by atoms with Gasteiger partial charge in [0.05, 0.1) is 32.5 Å². The molecule has 1 N–H and O–H groups in total. The average molecular weight is 792 g/mol. The molecular weight excluding hydrogens is 719 g/mol. The zero-order chi connectivity index (χ0) is 40.3. The Balaban J connectivity index is 1.48. The molecule has 0 aromatic heterocycles. The summed E-state index contributed by atoms with van der Waals surface area (Å²) >= 11 is 0. The van der Waals surface area contributed by atoms with E-state index >= 15 is 0 Å². The molecule has 0 radical (unpaired) electrons. The van der Waals surface area contributed by atoms with Gasteiger partial charge in [0, 0.05) is 6.61 Å². The summed E-state index contributed by atoms with van der Waals surface area (Å²) in [6.45, 7) is 7.84. The third kappa shape index (κ3) is 16.4. The quantitative estimate of drug-likeness (QED) is 0.0531. The van der Waals surface area contributed by atoms with Crippen molar-refractivity contribution >= 4 is 0 Å². The molecular formula is C52H73NO5. The Kier molecular flexibility index (Phi) is 22.2. The van der Waals surface area contributed by atoms with Crippen LogP contribution in [-0.2, 0) is 50.1 Å². The summed E-state index contributed by atoms with van der Waals surface area (Å²) in [7, 11) is 0. The lowest BCUT2D eigenvalue weighted by Gasteiger charge is -2.50. The molecule has 0 amide bonds. The van der Waals surface area contributed by atoms with Crippen LogP contribution in [0.2, 0.25) is 0 Å². The van der Waals surface area contributed by atoms with Gasteiger partial charge in [-0.15, -0.1) is 0 Å². The lowest BCUT2D eigenvalue weighted by molar-refractivity contribution is -0.258. The molecule has 5 rings (SSSR count). The van der Waals surface area contributed by atoms with Crippen molar-refractivity contribution in [3.63, 3.8) is 0 Å². The second-order valence-corrected chi connectivity index (χ2v) is 16.1. The summed E-state index contributed by atoms with van der Waals surface area (Å²) in [6.07, 6.45) is 15.3. The molecule has 0 saturated heterocycles. The highest BCUT2D eigenvalue weighted by Gasteiger charge is 2.54. The van der Waals surface area contributed by atoms with Gasteiger partial charge in [-0.05, 0) is 41.6 Å². The molecule has 1 aliphatic rings. The van der Waals surface area contributed by atoms with Crippen molar-refractivity contribution in [3.05, 3.63) is 144 Å². The minimum atomic E-state index is -0.468. The van der Waals surface area contributed by atoms with E-state index in [9.17, 15) is 0 Å². The Morgan fingerprint density at radius 1 is 0.345 bits per heavy atom. The van der Waals surface area contributed by atoms with Crippen LogP contribution in [0.5, 0.6) is 0 Å². The minimum absolute atomic E-state index is 0.188. The highest BCUT2D eigenvalue weighted by molar-refractivity contribution is 5.18. The highest BCUT2D eigenvalue weighted by atomic mass is 16.6. The zero-order valence-corrected chi connectivity index (χ0v) is 35.7. The van der Waals surface area contributed by atoms with Gasteiger partial charge in [-0.1, -0.05) is 212 Å². The van der Waals surface area contributed by atoms with Crippen LogP contribution >= 0.6 is 0 Å². The molecule has 6 atom stereocenters. The summed E-state index contributed by atoms with van der Waals surface area (Å²) in [5.41, 5.74) is 4.46. The van der Waals surface area contributed by atoms with Gasteiger partial charge in [0.25, 0.3) is 0 Å². The van der Waals surface area contributed by atoms with Gasteiger partial charge >= 0.3 is 0 Å². The van der Waals surface area contributed by atoms with E-state index in [-0.39, 0.29) is 18.2 Å². The Morgan fingerprint density at radius 2 is 0.655 bits per heavy atom. The molecule has 0 heterocycles. The van der Waals surface area contributed by atoms with Gasteiger partial charge in [0.1, 0.15) is 30.5 Å². The fraction of sp³-hybridized carbons (Fsp3) is 0.538. The molecule has 1 aliphatic carbocycles. The van der Waals surface area contributed by atoms with Gasteiger partial charge in [-0.2, -0.15) is 0 Å². The summed E-state index contributed by atoms with van der Waals surface area (Å²) < 4.78 is 35.5. The van der Waals surface area contributed by atoms with Crippen molar-refractivity contribution in [1.82, 2.24) is 5.32 Å². The van der Waals surface area contributed by atoms with Gasteiger partial charge in [-0.25, -0.2) is 0 Å². The lowest BCUT2D eigenvalue weighted by Crippen LogP contribution is -2.70. The normalized spacial score (nSPS) is 20.7. The second kappa shape index (κ2) is 28.2. The predicted octanol–water partition coefficient (Wildman–Crippen LogP) is 12.2. The summed E-state index contributed by atoms with van der Waals surface area (Å²) in [6, 6.07) is 41.6. The van der Waals surface area contributed by atoms with Crippen LogP contribution in [0.3, 0.4) is 0 Å². The van der Waals surface area contributed by atoms with E-state index < -0.39 is 18.3 Å². The number of hydrogen-bond donors (Lipinski definition) is 1. The number of nitrogens with one attached hydrogen (secondary N) is 1. The summed E-state index contributed by atoms with van der Waals surface area (Å²) in [4.78, 5) is 0. The van der Waals surface area contributed by atoms with Crippen molar-refractivity contribution in [2.75, 3.05) is 13.2 Å². The first-order valence-electron chi connectivity index (χ1n) is 22.7. The first kappa shape index (κ1) is 45.7. The molecule has 4 aromatic rings. The highest BCUT2D eigenvalue weighted by Crippen LogP contribution is 2.35. The average Bonchev–Trinajstić information content (AvgIpc) is 3.27. The van der Waals surface area contributed by atoms with Crippen LogP contribution < -0.4 is 5.32 Å². The summed E-state index contributed by atoms with van der Waals surface area (Å²) in [5, 5.41) is 4.02. The van der Waals surface area contributed by atoms with E-state index in [1.165, 1.54) is 70.6 Å². The third-order valence-electron chi connectivity index (χ3n) is 11.4. The van der Waals surface area contributed by atoms with Crippen LogP contribution in [-0.4, -0.2) is 49.7 Å². The van der Waals surface area contributed by atoms with Crippen molar-refractivity contribution in [2.24, 2.45) is 0 Å². The van der Waals surface area contributed by atoms with Crippen molar-refractivity contribution in [3.8, 4) is 0 Å². The lowest BCUT2D eigenvalue weighted by atomic mass is 9.81. The second-order valence-electron chi connectivity index (χ2n) is 16.1. The van der Waals surface area contributed by atoms with Crippen molar-refractivity contribution in [2.45, 2.75) is 167 Å². The van der Waals surface area contributed by atoms with Gasteiger partial charge < -0.3 is 29.0 Å². The fourth-order valence-corrected chi connectivity index (χ4v) is 8.05. The number of ether oxygens (including phenoxy) is 5. The Morgan fingerprint density at radius 3 is 1.05 bits per heavy atom. The third-order valence-corrected chi connectivity index (χ3v) is 11.4. The number of rotatable bonds is 30. The molecule has 0 unspecified atom stereocenters. The minimum Gasteiger partial charge on any atom is -0.374 e. The molecule has 1 saturated carbocycles. The van der Waals surface area contributed by atoms with Crippen molar-refractivity contribution < 1.29 is 23.7 Å². The number of benzene rings is 4. The first-order chi connectivity index (χ1) is 28.8. The smallest absolute Gasteiger partial charge is 0.115 e. The van der Waals surface area contributed by atoms with Crippen LogP contribution in [0.1, 0.15) is 126 Å². The number of hydrogen-bond acceptors (Lipinski definition) is 6. The van der Waals surface area contributed by atoms with Crippen molar-refractivity contribution in [1.29, 1.82) is 0 Å². The molecule has 6 heteroatoms. The standard InChI is InChI=1S/C52H73NO5/c1-3-5-7-9-11-13-27-37-53-47-48(54-38-28-14-12-10-8-6-4-2)50(56-40-44-31-21-16-22-32-44)52(58-42-46-35-25-18-26-36-46)51(57-41-45-33-23-17-24-34-45)49(47)55-39-43-29-19-15-20-30-43/h15-26,29-36,47-53H,3-14,27-28,37-42H2,1-2H3/t47-,48-,49+,50+,51-,52-/m1/s1. The van der Waals surface area contributed by atoms with Gasteiger partial charge in [0.15, 0.2) is 0 Å². The molecule has 1 fully saturated rings. The molecule has 6 nitrogen and oxygen atoms in total. The molecule has 0 bridgehead atoms. The van der Waals surface area contributed by atoms with Gasteiger partial charge in [-0.3, -0.25) is 0 Å². The van der Waals surface area contributed by atoms with E-state index in [4.69, 9.17) is 23.7 Å². The van der Waals surface area contributed by atoms with E-state index in [0.717, 1.165) is 48.1 Å². The SMILES string of the molecule is CCCCCCCCCN[C@@H]1[C@@H](OCCCCCCCCC)[C@H](OCc2ccccc2)[C@@H](OCc2ccccc2)[C@H](OCc2ccccc2)[C@H]1OCc1ccccc1. The van der Waals surface area contributed by atoms with Crippen LogP contribution in [0, 0.1) is 0 Å². The molecule has 58 heavy (non-hydrogen) atoms. The summed E-state index contributed by atoms with van der Waals surface area (Å²) in [5.74, 6) is 0. The van der Waals surface area contributed by atoms with Crippen LogP contribution in [0.4, 0.5) is 0 Å². The fourth-order valence-electron chi connectivity index (χ4n) is 8.05. The molecule has 0 aliphatic heterocycles. The predicted molar refractivity (Wildman–Crippen MR) is 238 cm³/mol. The largest absolute Gasteiger partial charge is 0.374 e.